The fraction of sp³-hybridized carbons (Fsp3) is 0.662. The van der Waals surface area contributed by atoms with E-state index in [1.807, 2.05) is 0 Å². The lowest BCUT2D eigenvalue weighted by Gasteiger charge is -2.18. The average molecular weight is 1110 g/mol. The van der Waals surface area contributed by atoms with Gasteiger partial charge < -0.3 is 14.2 Å². The lowest BCUT2D eigenvalue weighted by Crippen LogP contribution is -2.30. The van der Waals surface area contributed by atoms with Crippen LogP contribution in [0.3, 0.4) is 0 Å². The van der Waals surface area contributed by atoms with E-state index in [1.165, 1.54) is 116 Å². The van der Waals surface area contributed by atoms with Gasteiger partial charge in [-0.1, -0.05) is 276 Å². The maximum Gasteiger partial charge on any atom is 0.306 e. The maximum atomic E-state index is 12.9. The first-order chi connectivity index (χ1) is 39.5. The first-order valence-corrected chi connectivity index (χ1v) is 33.2. The number of rotatable bonds is 59. The van der Waals surface area contributed by atoms with E-state index in [1.54, 1.807) is 0 Å². The maximum absolute atomic E-state index is 12.9. The van der Waals surface area contributed by atoms with Crippen LogP contribution in [-0.4, -0.2) is 37.2 Å². The van der Waals surface area contributed by atoms with Crippen LogP contribution in [0.5, 0.6) is 0 Å². The number of ether oxygens (including phenoxy) is 3. The van der Waals surface area contributed by atoms with Crippen LogP contribution in [-0.2, 0) is 28.6 Å². The van der Waals surface area contributed by atoms with E-state index < -0.39 is 6.10 Å². The molecule has 1 unspecified atom stereocenters. The number of allylic oxidation sites excluding steroid dienone is 22. The fourth-order valence-electron chi connectivity index (χ4n) is 8.96. The van der Waals surface area contributed by atoms with Crippen LogP contribution >= 0.6 is 0 Å². The molecule has 0 saturated carbocycles. The number of hydrogen-bond donors (Lipinski definition) is 0. The zero-order valence-corrected chi connectivity index (χ0v) is 52.0. The standard InChI is InChI=1S/C74H122O6/c1-4-7-10-13-16-19-22-25-28-30-32-34-36-37-39-40-42-44-46-49-52-55-58-61-64-67-73(76)79-70-71(69-78-72(75)66-63-60-57-54-51-48-27-24-21-18-15-12-9-6-3)80-74(77)68-65-62-59-56-53-50-47-45-43-41-38-35-33-31-29-26-23-20-17-14-11-8-5-2/h7-8,10-11,16-17,19-20,24-29,32-35,41,43,47,50,71H,4-6,9,12-15,18,21-23,30-31,36-40,42,44-46,48-49,51-70H2,1-3H3/b10-7-,11-8-,19-16-,20-17-,27-24-,28-25-,29-26-,34-32-,35-33-,43-41-,50-47-. The topological polar surface area (TPSA) is 78.9 Å². The van der Waals surface area contributed by atoms with Crippen molar-refractivity contribution in [1.82, 2.24) is 0 Å². The van der Waals surface area contributed by atoms with Crippen LogP contribution in [0.1, 0.15) is 297 Å². The van der Waals surface area contributed by atoms with Crippen LogP contribution in [0, 0.1) is 0 Å². The van der Waals surface area contributed by atoms with Gasteiger partial charge in [0.15, 0.2) is 6.10 Å². The molecule has 80 heavy (non-hydrogen) atoms. The van der Waals surface area contributed by atoms with Crippen LogP contribution in [0.4, 0.5) is 0 Å². The number of esters is 3. The van der Waals surface area contributed by atoms with Gasteiger partial charge in [0, 0.05) is 19.3 Å². The first-order valence-electron chi connectivity index (χ1n) is 33.2. The highest BCUT2D eigenvalue weighted by atomic mass is 16.6. The summed E-state index contributed by atoms with van der Waals surface area (Å²) in [6, 6.07) is 0. The van der Waals surface area contributed by atoms with Crippen molar-refractivity contribution in [3.05, 3.63) is 134 Å². The summed E-state index contributed by atoms with van der Waals surface area (Å²) in [4.78, 5) is 38.4. The highest BCUT2D eigenvalue weighted by Gasteiger charge is 2.19. The van der Waals surface area contributed by atoms with E-state index in [2.05, 4.69) is 154 Å². The molecule has 0 aromatic carbocycles. The van der Waals surface area contributed by atoms with Crippen molar-refractivity contribution in [2.45, 2.75) is 303 Å². The molecule has 6 nitrogen and oxygen atoms in total. The van der Waals surface area contributed by atoms with Gasteiger partial charge in [0.05, 0.1) is 0 Å². The van der Waals surface area contributed by atoms with Gasteiger partial charge >= 0.3 is 17.9 Å². The Balaban J connectivity index is 4.41. The second kappa shape index (κ2) is 67.1. The van der Waals surface area contributed by atoms with E-state index in [0.717, 1.165) is 141 Å². The van der Waals surface area contributed by atoms with Gasteiger partial charge in [0.2, 0.25) is 0 Å². The predicted octanol–water partition coefficient (Wildman–Crippen LogP) is 22.9. The lowest BCUT2D eigenvalue weighted by molar-refractivity contribution is -0.167. The Bertz CT molecular complexity index is 1700. The summed E-state index contributed by atoms with van der Waals surface area (Å²) in [5.74, 6) is -0.926. The van der Waals surface area contributed by atoms with E-state index in [4.69, 9.17) is 14.2 Å². The van der Waals surface area contributed by atoms with Gasteiger partial charge in [-0.15, -0.1) is 0 Å². The minimum atomic E-state index is -0.802. The third-order valence-electron chi connectivity index (χ3n) is 13.9. The monoisotopic (exact) mass is 1110 g/mol. The highest BCUT2D eigenvalue weighted by molar-refractivity contribution is 5.71. The zero-order valence-electron chi connectivity index (χ0n) is 52.0. The first kappa shape index (κ1) is 75.5. The summed E-state index contributed by atoms with van der Waals surface area (Å²) >= 11 is 0. The smallest absolute Gasteiger partial charge is 0.306 e. The van der Waals surface area contributed by atoms with Crippen molar-refractivity contribution >= 4 is 17.9 Å². The Morgan fingerprint density at radius 2 is 0.487 bits per heavy atom. The average Bonchev–Trinajstić information content (AvgIpc) is 3.46. The summed E-state index contributed by atoms with van der Waals surface area (Å²) in [7, 11) is 0. The number of unbranched alkanes of at least 4 members (excludes halogenated alkanes) is 26. The van der Waals surface area contributed by atoms with Gasteiger partial charge in [0.1, 0.15) is 13.2 Å². The Hall–Kier alpha value is -4.45. The molecule has 0 radical (unpaired) electrons. The molecule has 6 heteroatoms. The summed E-state index contributed by atoms with van der Waals surface area (Å²) in [5.41, 5.74) is 0. The fourth-order valence-corrected chi connectivity index (χ4v) is 8.96. The predicted molar refractivity (Wildman–Crippen MR) is 348 cm³/mol. The Morgan fingerprint density at radius 3 is 0.775 bits per heavy atom. The van der Waals surface area contributed by atoms with Gasteiger partial charge in [-0.05, 0) is 135 Å². The third kappa shape index (κ3) is 64.4. The molecule has 0 rings (SSSR count). The quantitative estimate of drug-likeness (QED) is 0.0261. The van der Waals surface area contributed by atoms with Gasteiger partial charge in [0.25, 0.3) is 0 Å². The van der Waals surface area contributed by atoms with Crippen LogP contribution in [0.2, 0.25) is 0 Å². The molecule has 0 aromatic heterocycles. The molecule has 0 aromatic rings. The minimum absolute atomic E-state index is 0.0948. The van der Waals surface area contributed by atoms with E-state index >= 15 is 0 Å². The Labute approximate surface area is 494 Å². The molecule has 0 amide bonds. The molecule has 0 fully saturated rings. The zero-order chi connectivity index (χ0) is 57.8. The van der Waals surface area contributed by atoms with Crippen molar-refractivity contribution in [2.24, 2.45) is 0 Å². The van der Waals surface area contributed by atoms with E-state index in [-0.39, 0.29) is 31.1 Å². The minimum Gasteiger partial charge on any atom is -0.462 e. The molecule has 0 bridgehead atoms. The molecule has 0 aliphatic rings. The second-order valence-electron chi connectivity index (χ2n) is 21.6. The van der Waals surface area contributed by atoms with Crippen molar-refractivity contribution < 1.29 is 28.6 Å². The van der Waals surface area contributed by atoms with Crippen LogP contribution < -0.4 is 0 Å². The van der Waals surface area contributed by atoms with E-state index in [9.17, 15) is 14.4 Å². The van der Waals surface area contributed by atoms with Crippen LogP contribution in [0.25, 0.3) is 0 Å². The van der Waals surface area contributed by atoms with Crippen molar-refractivity contribution in [2.75, 3.05) is 13.2 Å². The van der Waals surface area contributed by atoms with Gasteiger partial charge in [-0.2, -0.15) is 0 Å². The van der Waals surface area contributed by atoms with Crippen molar-refractivity contribution in [3.63, 3.8) is 0 Å². The molecule has 0 aliphatic carbocycles. The van der Waals surface area contributed by atoms with Gasteiger partial charge in [-0.25, -0.2) is 0 Å². The molecule has 0 spiro atoms. The highest BCUT2D eigenvalue weighted by Crippen LogP contribution is 2.16. The van der Waals surface area contributed by atoms with Crippen molar-refractivity contribution in [1.29, 1.82) is 0 Å². The van der Waals surface area contributed by atoms with E-state index in [0.29, 0.717) is 19.3 Å². The number of carbonyl (C=O) groups excluding carboxylic acids is 3. The molecule has 0 aliphatic heterocycles. The SMILES string of the molecule is CC/C=C\C/C=C\C/C=C\C/C=C\C/C=C\C/C=C\CCCCCCC(=O)OC(COC(=O)CCCCCCC/C=C\CCCCCCC)COC(=O)CCCCCCCCCCCCCC/C=C\C/C=C\C/C=C\C/C=C\CC. The molecule has 454 valence electrons. The number of hydrogen-bond acceptors (Lipinski definition) is 6. The molecular weight excluding hydrogens is 985 g/mol. The van der Waals surface area contributed by atoms with Crippen molar-refractivity contribution in [3.8, 4) is 0 Å². The summed E-state index contributed by atoms with van der Waals surface area (Å²) < 4.78 is 16.9. The molecule has 0 N–H and O–H groups in total. The number of carbonyl (C=O) groups is 3. The molecular formula is C74H122O6. The summed E-state index contributed by atoms with van der Waals surface area (Å²) in [5, 5.41) is 0. The summed E-state index contributed by atoms with van der Waals surface area (Å²) in [6.45, 7) is 6.39. The van der Waals surface area contributed by atoms with Gasteiger partial charge in [-0.3, -0.25) is 14.4 Å². The largest absolute Gasteiger partial charge is 0.462 e. The molecule has 0 saturated heterocycles. The van der Waals surface area contributed by atoms with Crippen LogP contribution in [0.15, 0.2) is 134 Å². The molecule has 1 atom stereocenters. The third-order valence-corrected chi connectivity index (χ3v) is 13.9. The normalized spacial score (nSPS) is 13.0. The summed E-state index contributed by atoms with van der Waals surface area (Å²) in [6.07, 6.45) is 94.6. The Kier molecular flexibility index (Phi) is 63.3. The Morgan fingerprint density at radius 1 is 0.263 bits per heavy atom. The molecule has 0 heterocycles. The second-order valence-corrected chi connectivity index (χ2v) is 21.6. The lowest BCUT2D eigenvalue weighted by atomic mass is 10.0.